The molecule has 0 bridgehead atoms. The Balaban J connectivity index is 1.74. The van der Waals surface area contributed by atoms with Crippen LogP contribution in [0.1, 0.15) is 28.6 Å². The van der Waals surface area contributed by atoms with Crippen molar-refractivity contribution in [3.8, 4) is 5.75 Å². The molecule has 0 spiro atoms. The van der Waals surface area contributed by atoms with Crippen molar-refractivity contribution in [3.05, 3.63) is 77.1 Å². The monoisotopic (exact) mass is 365 g/mol. The van der Waals surface area contributed by atoms with Crippen LogP contribution in [0.2, 0.25) is 0 Å². The second-order valence-electron chi connectivity index (χ2n) is 6.46. The summed E-state index contributed by atoms with van der Waals surface area (Å²) in [5, 5.41) is 12.0. The summed E-state index contributed by atoms with van der Waals surface area (Å²) in [6.45, 7) is 4.06. The molecule has 0 radical (unpaired) electrons. The summed E-state index contributed by atoms with van der Waals surface area (Å²) in [6, 6.07) is 18.1. The molecule has 4 N–H and O–H groups in total. The van der Waals surface area contributed by atoms with Crippen molar-refractivity contribution in [1.29, 1.82) is 0 Å². The second-order valence-corrected chi connectivity index (χ2v) is 6.46. The zero-order valence-corrected chi connectivity index (χ0v) is 15.8. The number of amides is 1. The number of aryl methyl sites for hydroxylation is 2. The Morgan fingerprint density at radius 2 is 1.78 bits per heavy atom. The maximum Gasteiger partial charge on any atom is 0.279 e. The number of H-pyrrole nitrogens is 1. The Hall–Kier alpha value is -3.12. The van der Waals surface area contributed by atoms with Crippen LogP contribution in [0.5, 0.6) is 5.75 Å². The quantitative estimate of drug-likeness (QED) is 0.601. The van der Waals surface area contributed by atoms with Gasteiger partial charge in [0, 0.05) is 11.1 Å². The van der Waals surface area contributed by atoms with Gasteiger partial charge in [0.1, 0.15) is 11.8 Å². The number of nitrogens with one attached hydrogen (secondary N) is 2. The van der Waals surface area contributed by atoms with E-state index in [-0.39, 0.29) is 11.9 Å². The van der Waals surface area contributed by atoms with Gasteiger partial charge in [-0.1, -0.05) is 30.3 Å². The van der Waals surface area contributed by atoms with Crippen LogP contribution in [0.3, 0.4) is 0 Å². The maximum atomic E-state index is 12.5. The minimum Gasteiger partial charge on any atom is -0.497 e. The van der Waals surface area contributed by atoms with Crippen LogP contribution >= 0.6 is 0 Å². The van der Waals surface area contributed by atoms with Gasteiger partial charge in [-0.25, -0.2) is 0 Å². The molecule has 27 heavy (non-hydrogen) atoms. The number of nitrogens with zero attached hydrogens (tertiary/aromatic N) is 1. The van der Waals surface area contributed by atoms with Gasteiger partial charge in [-0.3, -0.25) is 9.89 Å². The third-order valence-electron chi connectivity index (χ3n) is 4.57. The van der Waals surface area contributed by atoms with Gasteiger partial charge < -0.3 is 15.4 Å². The minimum atomic E-state index is -0.0583. The number of rotatable bonds is 7. The summed E-state index contributed by atoms with van der Waals surface area (Å²) in [5.74, 6) is 0.756. The average Bonchev–Trinajstić information content (AvgIpc) is 3.01. The molecule has 0 unspecified atom stereocenters. The highest BCUT2D eigenvalue weighted by Gasteiger charge is 2.20. The minimum absolute atomic E-state index is 0.0226. The number of benzene rings is 2. The molecule has 0 aliphatic carbocycles. The predicted octanol–water partition coefficient (Wildman–Crippen LogP) is 2.33. The number of carbonyl (C=O) groups is 1. The molecule has 1 atom stereocenters. The van der Waals surface area contributed by atoms with Gasteiger partial charge >= 0.3 is 0 Å². The van der Waals surface area contributed by atoms with E-state index in [2.05, 4.69) is 27.6 Å². The van der Waals surface area contributed by atoms with Crippen molar-refractivity contribution in [2.45, 2.75) is 19.9 Å². The molecular formula is C21H25N4O2+. The summed E-state index contributed by atoms with van der Waals surface area (Å²) in [6.07, 6.45) is 0. The lowest BCUT2D eigenvalue weighted by molar-refractivity contribution is -0.676. The number of anilines is 1. The standard InChI is InChI=1S/C21H24N4O2/c1-14-20(15(2)25-24-14)23-19(26)13-22-21(16-7-5-4-6-8-16)17-9-11-18(27-3)12-10-17/h4-12,21-22H,13H2,1-3H3,(H,23,26)(H,24,25)/p+1/t21-/m0/s1. The van der Waals surface area contributed by atoms with E-state index < -0.39 is 0 Å². The van der Waals surface area contributed by atoms with Crippen molar-refractivity contribution in [3.63, 3.8) is 0 Å². The van der Waals surface area contributed by atoms with Crippen LogP contribution in [-0.2, 0) is 4.79 Å². The fraction of sp³-hybridized carbons (Fsp3) is 0.238. The Morgan fingerprint density at radius 1 is 1.11 bits per heavy atom. The van der Waals surface area contributed by atoms with Crippen LogP contribution in [0, 0.1) is 13.8 Å². The number of aromatic nitrogens is 2. The topological polar surface area (TPSA) is 83.6 Å². The Labute approximate surface area is 159 Å². The van der Waals surface area contributed by atoms with E-state index in [9.17, 15) is 4.79 Å². The molecule has 1 aromatic heterocycles. The molecule has 0 saturated heterocycles. The zero-order valence-electron chi connectivity index (χ0n) is 15.8. The first kappa shape index (κ1) is 18.7. The predicted molar refractivity (Wildman–Crippen MR) is 105 cm³/mol. The molecule has 0 saturated carbocycles. The number of nitrogens with two attached hydrogens (primary N) is 1. The van der Waals surface area contributed by atoms with Crippen molar-refractivity contribution >= 4 is 11.6 Å². The van der Waals surface area contributed by atoms with E-state index in [0.29, 0.717) is 6.54 Å². The normalized spacial score (nSPS) is 11.8. The summed E-state index contributed by atoms with van der Waals surface area (Å²) < 4.78 is 5.25. The SMILES string of the molecule is COc1ccc([C@@H]([NH2+]CC(=O)Nc2c(C)n[nH]c2C)c2ccccc2)cc1. The third-order valence-corrected chi connectivity index (χ3v) is 4.57. The zero-order chi connectivity index (χ0) is 19.2. The van der Waals surface area contributed by atoms with Gasteiger partial charge in [-0.2, -0.15) is 5.10 Å². The summed E-state index contributed by atoms with van der Waals surface area (Å²) in [4.78, 5) is 12.5. The Kier molecular flexibility index (Phi) is 5.88. The van der Waals surface area contributed by atoms with Gasteiger partial charge in [-0.15, -0.1) is 0 Å². The van der Waals surface area contributed by atoms with E-state index in [0.717, 1.165) is 34.0 Å². The summed E-state index contributed by atoms with van der Waals surface area (Å²) in [5.41, 5.74) is 4.66. The molecule has 140 valence electrons. The fourth-order valence-electron chi connectivity index (χ4n) is 3.09. The summed E-state index contributed by atoms with van der Waals surface area (Å²) >= 11 is 0. The van der Waals surface area contributed by atoms with Gasteiger partial charge in [0.25, 0.3) is 5.91 Å². The van der Waals surface area contributed by atoms with Gasteiger partial charge in [-0.05, 0) is 38.1 Å². The second kappa shape index (κ2) is 8.51. The molecule has 0 fully saturated rings. The lowest BCUT2D eigenvalue weighted by Crippen LogP contribution is -2.87. The highest BCUT2D eigenvalue weighted by atomic mass is 16.5. The van der Waals surface area contributed by atoms with Gasteiger partial charge in [0.15, 0.2) is 6.54 Å². The molecule has 2 aromatic carbocycles. The largest absolute Gasteiger partial charge is 0.497 e. The number of hydrogen-bond donors (Lipinski definition) is 3. The van der Waals surface area contributed by atoms with E-state index in [1.54, 1.807) is 7.11 Å². The van der Waals surface area contributed by atoms with Crippen LogP contribution in [-0.4, -0.2) is 29.8 Å². The highest BCUT2D eigenvalue weighted by molar-refractivity contribution is 5.92. The first-order chi connectivity index (χ1) is 13.1. The van der Waals surface area contributed by atoms with Crippen LogP contribution in [0.25, 0.3) is 0 Å². The van der Waals surface area contributed by atoms with Crippen molar-refractivity contribution < 1.29 is 14.8 Å². The molecule has 3 rings (SSSR count). The highest BCUT2D eigenvalue weighted by Crippen LogP contribution is 2.21. The number of aromatic amines is 1. The van der Waals surface area contributed by atoms with E-state index in [1.807, 2.05) is 61.6 Å². The average molecular weight is 365 g/mol. The molecular weight excluding hydrogens is 340 g/mol. The third kappa shape index (κ3) is 4.54. The van der Waals surface area contributed by atoms with E-state index in [4.69, 9.17) is 4.74 Å². The van der Waals surface area contributed by atoms with Crippen molar-refractivity contribution in [1.82, 2.24) is 10.2 Å². The molecule has 0 aliphatic rings. The van der Waals surface area contributed by atoms with Gasteiger partial charge in [0.2, 0.25) is 0 Å². The van der Waals surface area contributed by atoms with Gasteiger partial charge in [0.05, 0.1) is 24.2 Å². The Bertz CT molecular complexity index is 869. The fourth-order valence-corrected chi connectivity index (χ4v) is 3.09. The van der Waals surface area contributed by atoms with E-state index >= 15 is 0 Å². The number of quaternary nitrogens is 1. The smallest absolute Gasteiger partial charge is 0.279 e. The lowest BCUT2D eigenvalue weighted by atomic mass is 9.98. The molecule has 0 aliphatic heterocycles. The van der Waals surface area contributed by atoms with Crippen LogP contribution < -0.4 is 15.4 Å². The lowest BCUT2D eigenvalue weighted by Gasteiger charge is -2.17. The number of carbonyl (C=O) groups excluding carboxylic acids is 1. The first-order valence-corrected chi connectivity index (χ1v) is 8.92. The maximum absolute atomic E-state index is 12.5. The number of ether oxygens (including phenoxy) is 1. The number of methoxy groups -OCH3 is 1. The molecule has 3 aromatic rings. The van der Waals surface area contributed by atoms with Crippen molar-refractivity contribution in [2.24, 2.45) is 0 Å². The molecule has 1 heterocycles. The number of hydrogen-bond acceptors (Lipinski definition) is 3. The molecule has 1 amide bonds. The van der Waals surface area contributed by atoms with Crippen LogP contribution in [0.15, 0.2) is 54.6 Å². The Morgan fingerprint density at radius 3 is 2.37 bits per heavy atom. The summed E-state index contributed by atoms with van der Waals surface area (Å²) in [7, 11) is 1.65. The molecule has 6 heteroatoms. The molecule has 6 nitrogen and oxygen atoms in total. The van der Waals surface area contributed by atoms with E-state index in [1.165, 1.54) is 0 Å². The van der Waals surface area contributed by atoms with Crippen molar-refractivity contribution in [2.75, 3.05) is 19.0 Å². The van der Waals surface area contributed by atoms with Crippen LogP contribution in [0.4, 0.5) is 5.69 Å². The first-order valence-electron chi connectivity index (χ1n) is 8.92.